The van der Waals surface area contributed by atoms with Crippen LogP contribution in [0.2, 0.25) is 0 Å². The predicted octanol–water partition coefficient (Wildman–Crippen LogP) is 2.17. The largest absolute Gasteiger partial charge is 0.496 e. The van der Waals surface area contributed by atoms with E-state index in [2.05, 4.69) is 10.6 Å². The van der Waals surface area contributed by atoms with Crippen LogP contribution in [0.4, 0.5) is 4.79 Å². The number of amides is 2. The number of hydrogen-bond acceptors (Lipinski definition) is 4. The fourth-order valence-electron chi connectivity index (χ4n) is 1.70. The average molecular weight is 324 g/mol. The van der Waals surface area contributed by atoms with Crippen molar-refractivity contribution in [1.82, 2.24) is 10.6 Å². The summed E-state index contributed by atoms with van der Waals surface area (Å²) in [5, 5.41) is 13.9. The maximum absolute atomic E-state index is 11.7. The molecule has 0 aromatic heterocycles. The quantitative estimate of drug-likeness (QED) is 0.682. The van der Waals surface area contributed by atoms with E-state index in [1.165, 1.54) is 18.0 Å². The van der Waals surface area contributed by atoms with E-state index in [0.717, 1.165) is 5.56 Å². The molecule has 0 radical (unpaired) electrons. The van der Waals surface area contributed by atoms with Crippen molar-refractivity contribution < 1.29 is 19.4 Å². The Hall–Kier alpha value is -2.15. The number of carbonyl (C=O) groups excluding carboxylic acids is 1. The molecule has 1 aromatic rings. The highest BCUT2D eigenvalue weighted by atomic mass is 32.2. The standard InChI is InChI=1S/C15H20N2O4S/c1-21-13-6-4-3-5-11(13)7-9-16-15(20)17-12(14(18)19)8-10-22-2/h3-7,9,12H,8,10H2,1-2H3,(H,18,19)(H2,16,17,20)/b9-7+. The molecule has 0 fully saturated rings. The average Bonchev–Trinajstić information content (AvgIpc) is 2.51. The number of aliphatic carboxylic acids is 1. The molecule has 0 spiro atoms. The van der Waals surface area contributed by atoms with E-state index >= 15 is 0 Å². The Morgan fingerprint density at radius 2 is 2.14 bits per heavy atom. The molecule has 3 N–H and O–H groups in total. The van der Waals surface area contributed by atoms with Gasteiger partial charge in [-0.25, -0.2) is 9.59 Å². The highest BCUT2D eigenvalue weighted by molar-refractivity contribution is 7.98. The highest BCUT2D eigenvalue weighted by Crippen LogP contribution is 2.18. The second-order valence-corrected chi connectivity index (χ2v) is 5.35. The zero-order chi connectivity index (χ0) is 16.4. The van der Waals surface area contributed by atoms with Gasteiger partial charge in [-0.2, -0.15) is 11.8 Å². The van der Waals surface area contributed by atoms with Crippen LogP contribution in [-0.2, 0) is 4.79 Å². The van der Waals surface area contributed by atoms with Gasteiger partial charge in [0.05, 0.1) is 7.11 Å². The number of rotatable bonds is 8. The fraction of sp³-hybridized carbons (Fsp3) is 0.333. The number of hydrogen-bond donors (Lipinski definition) is 3. The molecule has 0 bridgehead atoms. The first kappa shape index (κ1) is 17.9. The van der Waals surface area contributed by atoms with Gasteiger partial charge in [0.1, 0.15) is 11.8 Å². The Morgan fingerprint density at radius 1 is 1.41 bits per heavy atom. The number of nitrogens with one attached hydrogen (secondary N) is 2. The number of methoxy groups -OCH3 is 1. The number of carbonyl (C=O) groups is 2. The van der Waals surface area contributed by atoms with Crippen molar-refractivity contribution in [3.63, 3.8) is 0 Å². The zero-order valence-electron chi connectivity index (χ0n) is 12.5. The van der Waals surface area contributed by atoms with Gasteiger partial charge in [0.15, 0.2) is 0 Å². The Kier molecular flexibility index (Phi) is 7.91. The third-order valence-corrected chi connectivity index (χ3v) is 3.47. The van der Waals surface area contributed by atoms with Gasteiger partial charge in [-0.1, -0.05) is 18.2 Å². The van der Waals surface area contributed by atoms with Gasteiger partial charge >= 0.3 is 12.0 Å². The number of urea groups is 1. The van der Waals surface area contributed by atoms with Crippen LogP contribution >= 0.6 is 11.8 Å². The van der Waals surface area contributed by atoms with Gasteiger partial charge in [0.25, 0.3) is 0 Å². The molecule has 2 amide bonds. The minimum absolute atomic E-state index is 0.375. The molecule has 6 nitrogen and oxygen atoms in total. The van der Waals surface area contributed by atoms with Crippen molar-refractivity contribution in [3.05, 3.63) is 36.0 Å². The molecule has 120 valence electrons. The van der Waals surface area contributed by atoms with Crippen LogP contribution < -0.4 is 15.4 Å². The normalized spacial score (nSPS) is 11.9. The molecule has 0 saturated carbocycles. The number of carboxylic acid groups (broad SMARTS) is 1. The van der Waals surface area contributed by atoms with Gasteiger partial charge in [0, 0.05) is 11.8 Å². The number of thioether (sulfide) groups is 1. The van der Waals surface area contributed by atoms with E-state index in [4.69, 9.17) is 9.84 Å². The molecular formula is C15H20N2O4S. The van der Waals surface area contributed by atoms with Gasteiger partial charge in [0.2, 0.25) is 0 Å². The summed E-state index contributed by atoms with van der Waals surface area (Å²) in [6.45, 7) is 0. The first-order chi connectivity index (χ1) is 10.6. The minimum atomic E-state index is -1.04. The number of carboxylic acids is 1. The van der Waals surface area contributed by atoms with Gasteiger partial charge in [-0.05, 0) is 30.6 Å². The van der Waals surface area contributed by atoms with E-state index in [-0.39, 0.29) is 0 Å². The Bertz CT molecular complexity index is 534. The van der Waals surface area contributed by atoms with Crippen LogP contribution in [0, 0.1) is 0 Å². The van der Waals surface area contributed by atoms with Crippen molar-refractivity contribution in [2.75, 3.05) is 19.1 Å². The molecule has 1 rings (SSSR count). The lowest BCUT2D eigenvalue weighted by molar-refractivity contribution is -0.139. The van der Waals surface area contributed by atoms with E-state index in [9.17, 15) is 9.59 Å². The maximum Gasteiger partial charge on any atom is 0.326 e. The summed E-state index contributed by atoms with van der Waals surface area (Å²) >= 11 is 1.53. The minimum Gasteiger partial charge on any atom is -0.496 e. The second kappa shape index (κ2) is 9.73. The van der Waals surface area contributed by atoms with Crippen molar-refractivity contribution in [3.8, 4) is 5.75 Å². The molecule has 0 aliphatic heterocycles. The van der Waals surface area contributed by atoms with E-state index in [0.29, 0.717) is 17.9 Å². The highest BCUT2D eigenvalue weighted by Gasteiger charge is 2.18. The van der Waals surface area contributed by atoms with Crippen LogP contribution in [0.15, 0.2) is 30.5 Å². The van der Waals surface area contributed by atoms with Crippen LogP contribution in [0.25, 0.3) is 6.08 Å². The summed E-state index contributed by atoms with van der Waals surface area (Å²) in [5.41, 5.74) is 0.808. The van der Waals surface area contributed by atoms with Crippen molar-refractivity contribution >= 4 is 29.8 Å². The van der Waals surface area contributed by atoms with Crippen molar-refractivity contribution in [2.45, 2.75) is 12.5 Å². The Balaban J connectivity index is 2.54. The number of benzene rings is 1. The molecule has 1 atom stereocenters. The van der Waals surface area contributed by atoms with E-state index < -0.39 is 18.0 Å². The Labute approximate surface area is 133 Å². The first-order valence-electron chi connectivity index (χ1n) is 6.66. The smallest absolute Gasteiger partial charge is 0.326 e. The second-order valence-electron chi connectivity index (χ2n) is 4.37. The van der Waals surface area contributed by atoms with Crippen LogP contribution in [0.3, 0.4) is 0 Å². The van der Waals surface area contributed by atoms with Gasteiger partial charge in [-0.15, -0.1) is 0 Å². The predicted molar refractivity (Wildman–Crippen MR) is 88.1 cm³/mol. The van der Waals surface area contributed by atoms with Gasteiger partial charge in [-0.3, -0.25) is 0 Å². The third kappa shape index (κ3) is 6.09. The summed E-state index contributed by atoms with van der Waals surface area (Å²) in [6.07, 6.45) is 5.38. The summed E-state index contributed by atoms with van der Waals surface area (Å²) in [6, 6.07) is 5.90. The summed E-state index contributed by atoms with van der Waals surface area (Å²) in [5.74, 6) is 0.302. The molecular weight excluding hydrogens is 304 g/mol. The fourth-order valence-corrected chi connectivity index (χ4v) is 2.18. The maximum atomic E-state index is 11.7. The molecule has 0 heterocycles. The first-order valence-corrected chi connectivity index (χ1v) is 8.06. The lowest BCUT2D eigenvalue weighted by Gasteiger charge is -2.13. The van der Waals surface area contributed by atoms with Crippen LogP contribution in [0.1, 0.15) is 12.0 Å². The number of ether oxygens (including phenoxy) is 1. The molecule has 0 aliphatic rings. The number of para-hydroxylation sites is 1. The molecule has 1 unspecified atom stereocenters. The van der Waals surface area contributed by atoms with E-state index in [1.54, 1.807) is 13.2 Å². The van der Waals surface area contributed by atoms with E-state index in [1.807, 2.05) is 30.5 Å². The SMILES string of the molecule is COc1ccccc1/C=C/NC(=O)NC(CCSC)C(=O)O. The molecule has 1 aromatic carbocycles. The van der Waals surface area contributed by atoms with Gasteiger partial charge < -0.3 is 20.5 Å². The van der Waals surface area contributed by atoms with Crippen LogP contribution in [0.5, 0.6) is 5.75 Å². The topological polar surface area (TPSA) is 87.7 Å². The Morgan fingerprint density at radius 3 is 2.77 bits per heavy atom. The molecule has 0 saturated heterocycles. The molecule has 7 heteroatoms. The molecule has 0 aliphatic carbocycles. The van der Waals surface area contributed by atoms with Crippen molar-refractivity contribution in [1.29, 1.82) is 0 Å². The third-order valence-electron chi connectivity index (χ3n) is 2.83. The monoisotopic (exact) mass is 324 g/mol. The summed E-state index contributed by atoms with van der Waals surface area (Å²) in [4.78, 5) is 22.7. The lowest BCUT2D eigenvalue weighted by Crippen LogP contribution is -2.44. The van der Waals surface area contributed by atoms with Crippen molar-refractivity contribution in [2.24, 2.45) is 0 Å². The van der Waals surface area contributed by atoms with Crippen LogP contribution in [-0.4, -0.2) is 42.3 Å². The molecule has 22 heavy (non-hydrogen) atoms. The zero-order valence-corrected chi connectivity index (χ0v) is 13.4. The lowest BCUT2D eigenvalue weighted by atomic mass is 10.2. The summed E-state index contributed by atoms with van der Waals surface area (Å²) in [7, 11) is 1.57. The summed E-state index contributed by atoms with van der Waals surface area (Å²) < 4.78 is 5.18.